The van der Waals surface area contributed by atoms with Gasteiger partial charge in [-0.05, 0) is 38.1 Å². The van der Waals surface area contributed by atoms with Crippen molar-refractivity contribution in [2.24, 2.45) is 10.2 Å². The van der Waals surface area contributed by atoms with Gasteiger partial charge in [-0.25, -0.2) is 10.9 Å². The van der Waals surface area contributed by atoms with Gasteiger partial charge in [0.05, 0.1) is 25.6 Å². The Labute approximate surface area is 172 Å². The summed E-state index contributed by atoms with van der Waals surface area (Å²) in [6, 6.07) is 8.61. The fraction of sp³-hybridized carbons (Fsp3) is 0.200. The summed E-state index contributed by atoms with van der Waals surface area (Å²) in [6.45, 7) is 3.08. The molecule has 2 aromatic carbocycles. The van der Waals surface area contributed by atoms with E-state index in [2.05, 4.69) is 21.1 Å². The van der Waals surface area contributed by atoms with Crippen molar-refractivity contribution in [1.82, 2.24) is 10.9 Å². The zero-order valence-electron chi connectivity index (χ0n) is 16.8. The van der Waals surface area contributed by atoms with Crippen molar-refractivity contribution < 1.29 is 29.3 Å². The third-order valence-corrected chi connectivity index (χ3v) is 4.06. The van der Waals surface area contributed by atoms with E-state index in [1.807, 2.05) is 0 Å². The number of nitrogens with one attached hydrogen (secondary N) is 2. The van der Waals surface area contributed by atoms with E-state index in [0.29, 0.717) is 0 Å². The van der Waals surface area contributed by atoms with Crippen LogP contribution in [0.5, 0.6) is 23.0 Å². The second-order valence-corrected chi connectivity index (χ2v) is 5.95. The third-order valence-electron chi connectivity index (χ3n) is 4.06. The first kappa shape index (κ1) is 22.2. The van der Waals surface area contributed by atoms with Gasteiger partial charge < -0.3 is 19.7 Å². The van der Waals surface area contributed by atoms with Crippen molar-refractivity contribution >= 4 is 23.2 Å². The molecular weight excluding hydrogens is 392 g/mol. The molecule has 0 aliphatic carbocycles. The Morgan fingerprint density at radius 2 is 1.13 bits per heavy atom. The zero-order chi connectivity index (χ0) is 22.3. The second kappa shape index (κ2) is 9.92. The van der Waals surface area contributed by atoms with E-state index in [1.165, 1.54) is 50.6 Å². The molecule has 158 valence electrons. The molecule has 0 saturated carbocycles. The minimum atomic E-state index is -0.720. The lowest BCUT2D eigenvalue weighted by molar-refractivity contribution is -0.271. The molecule has 2 rings (SSSR count). The van der Waals surface area contributed by atoms with E-state index in [9.17, 15) is 19.8 Å². The molecule has 10 nitrogen and oxygen atoms in total. The number of ether oxygens (including phenoxy) is 2. The zero-order valence-corrected chi connectivity index (χ0v) is 16.8. The molecule has 0 unspecified atom stereocenters. The van der Waals surface area contributed by atoms with Gasteiger partial charge in [0.15, 0.2) is 0 Å². The van der Waals surface area contributed by atoms with Crippen LogP contribution >= 0.6 is 0 Å². The molecule has 2 amide bonds. The average molecular weight is 412 g/mol. The van der Waals surface area contributed by atoms with E-state index < -0.39 is 23.3 Å². The normalized spacial score (nSPS) is 11.6. The molecule has 0 atom stereocenters. The number of hydrazone groups is 2. The van der Waals surface area contributed by atoms with E-state index in [-0.39, 0.29) is 34.0 Å². The molecule has 0 fully saturated rings. The summed E-state index contributed by atoms with van der Waals surface area (Å²) >= 11 is 0. The van der Waals surface area contributed by atoms with Crippen molar-refractivity contribution in [3.8, 4) is 23.0 Å². The minimum absolute atomic E-state index is 0.0408. The number of hydrogen-bond donors (Lipinski definition) is 2. The number of amides is 2. The van der Waals surface area contributed by atoms with Crippen LogP contribution in [0.15, 0.2) is 46.6 Å². The Kier molecular flexibility index (Phi) is 7.34. The minimum Gasteiger partial charge on any atom is -0.869 e. The summed E-state index contributed by atoms with van der Waals surface area (Å²) < 4.78 is 9.79. The van der Waals surface area contributed by atoms with Crippen LogP contribution in [0.25, 0.3) is 0 Å². The summed E-state index contributed by atoms with van der Waals surface area (Å²) in [5, 5.41) is 31.9. The molecule has 0 aliphatic rings. The Morgan fingerprint density at radius 3 is 1.47 bits per heavy atom. The van der Waals surface area contributed by atoms with E-state index in [1.54, 1.807) is 13.8 Å². The van der Waals surface area contributed by atoms with Crippen LogP contribution < -0.4 is 30.5 Å². The molecule has 0 radical (unpaired) electrons. The van der Waals surface area contributed by atoms with Crippen molar-refractivity contribution in [3.05, 3.63) is 47.5 Å². The van der Waals surface area contributed by atoms with Crippen LogP contribution in [-0.4, -0.2) is 37.5 Å². The Hall–Kier alpha value is -4.08. The van der Waals surface area contributed by atoms with Crippen LogP contribution in [0.3, 0.4) is 0 Å². The Morgan fingerprint density at radius 1 is 0.767 bits per heavy atom. The highest BCUT2D eigenvalue weighted by Crippen LogP contribution is 2.27. The lowest BCUT2D eigenvalue weighted by Crippen LogP contribution is -2.25. The maximum absolute atomic E-state index is 12.2. The number of carbonyl (C=O) groups excluding carboxylic acids is 2. The number of methoxy groups -OCH3 is 2. The van der Waals surface area contributed by atoms with Gasteiger partial charge in [0.2, 0.25) is 0 Å². The highest BCUT2D eigenvalue weighted by atomic mass is 16.5. The predicted molar refractivity (Wildman–Crippen MR) is 106 cm³/mol. The SMILES string of the molecule is COc1cccc(C(=O)N/N=C(C)\C(C)=N/NC(=O)c2cccc(OC)c2[O-])c1[O-]. The molecule has 2 N–H and O–H groups in total. The van der Waals surface area contributed by atoms with Crippen LogP contribution in [0.1, 0.15) is 34.6 Å². The molecule has 0 saturated heterocycles. The maximum atomic E-state index is 12.2. The summed E-state index contributed by atoms with van der Waals surface area (Å²) in [7, 11) is 2.66. The standard InChI is InChI=1S/C20H22N4O6/c1-11(21-23-19(27)13-7-5-9-15(29-3)17(13)25)12(2)22-24-20(28)14-8-6-10-16(30-4)18(14)26/h5-10,25-26H,1-4H3,(H,23,27)(H,24,28)/p-2/b21-11-,22-12-. The number of carbonyl (C=O) groups is 2. The van der Waals surface area contributed by atoms with Crippen LogP contribution in [0.2, 0.25) is 0 Å². The van der Waals surface area contributed by atoms with Gasteiger partial charge in [0, 0.05) is 11.1 Å². The Balaban J connectivity index is 2.07. The number of para-hydroxylation sites is 2. The lowest BCUT2D eigenvalue weighted by Gasteiger charge is -2.16. The summed E-state index contributed by atoms with van der Waals surface area (Å²) in [6.07, 6.45) is 0. The summed E-state index contributed by atoms with van der Waals surface area (Å²) in [4.78, 5) is 24.4. The van der Waals surface area contributed by atoms with Crippen molar-refractivity contribution in [1.29, 1.82) is 0 Å². The molecule has 0 spiro atoms. The molecule has 30 heavy (non-hydrogen) atoms. The number of benzene rings is 2. The van der Waals surface area contributed by atoms with Crippen molar-refractivity contribution in [2.75, 3.05) is 14.2 Å². The first-order chi connectivity index (χ1) is 14.3. The molecule has 2 aromatic rings. The van der Waals surface area contributed by atoms with Gasteiger partial charge in [-0.3, -0.25) is 9.59 Å². The van der Waals surface area contributed by atoms with E-state index in [4.69, 9.17) is 9.47 Å². The molecule has 0 bridgehead atoms. The average Bonchev–Trinajstić information content (AvgIpc) is 2.75. The van der Waals surface area contributed by atoms with E-state index in [0.717, 1.165) is 0 Å². The van der Waals surface area contributed by atoms with Gasteiger partial charge in [-0.15, -0.1) is 0 Å². The fourth-order valence-electron chi connectivity index (χ4n) is 2.26. The van der Waals surface area contributed by atoms with Crippen LogP contribution in [0.4, 0.5) is 0 Å². The van der Waals surface area contributed by atoms with Gasteiger partial charge >= 0.3 is 0 Å². The largest absolute Gasteiger partial charge is 0.869 e. The third kappa shape index (κ3) is 5.04. The quantitative estimate of drug-likeness (QED) is 0.507. The van der Waals surface area contributed by atoms with Crippen LogP contribution in [0, 0.1) is 0 Å². The summed E-state index contributed by atoms with van der Waals surface area (Å²) in [5.41, 5.74) is 4.78. The van der Waals surface area contributed by atoms with Crippen LogP contribution in [-0.2, 0) is 0 Å². The molecular formula is C20H20N4O6-2. The Bertz CT molecular complexity index is 935. The number of rotatable bonds is 7. The molecule has 0 heterocycles. The predicted octanol–water partition coefficient (Wildman–Crippen LogP) is 0.763. The topological polar surface area (TPSA) is 148 Å². The first-order valence-corrected chi connectivity index (χ1v) is 8.67. The second-order valence-electron chi connectivity index (χ2n) is 5.95. The van der Waals surface area contributed by atoms with Gasteiger partial charge in [0.1, 0.15) is 11.5 Å². The summed E-state index contributed by atoms with van der Waals surface area (Å²) in [5.74, 6) is -2.48. The first-order valence-electron chi connectivity index (χ1n) is 8.67. The number of hydrogen-bond acceptors (Lipinski definition) is 8. The lowest BCUT2D eigenvalue weighted by atomic mass is 10.2. The number of nitrogens with zero attached hydrogens (tertiary/aromatic N) is 2. The smallest absolute Gasteiger partial charge is 0.270 e. The van der Waals surface area contributed by atoms with Gasteiger partial charge in [0.25, 0.3) is 11.8 Å². The molecule has 0 aromatic heterocycles. The fourth-order valence-corrected chi connectivity index (χ4v) is 2.26. The van der Waals surface area contributed by atoms with Crippen molar-refractivity contribution in [2.45, 2.75) is 13.8 Å². The maximum Gasteiger partial charge on any atom is 0.270 e. The highest BCUT2D eigenvalue weighted by molar-refractivity contribution is 6.40. The van der Waals surface area contributed by atoms with Gasteiger partial charge in [-0.2, -0.15) is 10.2 Å². The highest BCUT2D eigenvalue weighted by Gasteiger charge is 2.10. The molecule has 0 aliphatic heterocycles. The van der Waals surface area contributed by atoms with E-state index >= 15 is 0 Å². The van der Waals surface area contributed by atoms with Gasteiger partial charge in [-0.1, -0.05) is 23.6 Å². The molecule has 10 heteroatoms. The van der Waals surface area contributed by atoms with Crippen molar-refractivity contribution in [3.63, 3.8) is 0 Å². The monoisotopic (exact) mass is 412 g/mol.